The molecule has 0 heterocycles. The topological polar surface area (TPSA) is 78.4 Å². The fourth-order valence-corrected chi connectivity index (χ4v) is 1.48. The van der Waals surface area contributed by atoms with Crippen LogP contribution in [0.3, 0.4) is 0 Å². The molecule has 1 aromatic rings. The van der Waals surface area contributed by atoms with Crippen LogP contribution in [-0.2, 0) is 11.2 Å². The molecule has 1 atom stereocenters. The first kappa shape index (κ1) is 12.6. The van der Waals surface area contributed by atoms with Gasteiger partial charge in [-0.05, 0) is 18.4 Å². The predicted octanol–water partition coefficient (Wildman–Crippen LogP) is 1.50. The maximum absolute atomic E-state index is 10.6. The van der Waals surface area contributed by atoms with Crippen molar-refractivity contribution >= 4 is 5.69 Å². The van der Waals surface area contributed by atoms with Crippen LogP contribution in [0.5, 0.6) is 0 Å². The Kier molecular flexibility index (Phi) is 4.88. The van der Waals surface area contributed by atoms with Crippen molar-refractivity contribution in [3.8, 4) is 0 Å². The number of hydrogen-bond acceptors (Lipinski definition) is 4. The molecule has 0 radical (unpaired) electrons. The lowest BCUT2D eigenvalue weighted by Gasteiger charge is -2.09. The number of nitrogens with two attached hydrogens (primary N) is 1. The number of non-ortho nitro benzene ring substituents is 1. The zero-order valence-corrected chi connectivity index (χ0v) is 9.26. The van der Waals surface area contributed by atoms with Gasteiger partial charge in [-0.3, -0.25) is 10.1 Å². The maximum atomic E-state index is 10.6. The summed E-state index contributed by atoms with van der Waals surface area (Å²) in [6.45, 7) is 0.509. The van der Waals surface area contributed by atoms with Crippen molar-refractivity contribution in [3.63, 3.8) is 0 Å². The van der Waals surface area contributed by atoms with Crippen molar-refractivity contribution in [1.82, 2.24) is 0 Å². The lowest BCUT2D eigenvalue weighted by molar-refractivity contribution is -0.384. The van der Waals surface area contributed by atoms with E-state index in [1.54, 1.807) is 19.2 Å². The van der Waals surface area contributed by atoms with Crippen LogP contribution < -0.4 is 5.73 Å². The summed E-state index contributed by atoms with van der Waals surface area (Å²) in [5, 5.41) is 10.6. The first-order valence-corrected chi connectivity index (χ1v) is 5.11. The fourth-order valence-electron chi connectivity index (χ4n) is 1.48. The molecule has 5 heteroatoms. The molecule has 0 saturated heterocycles. The molecule has 0 saturated carbocycles. The minimum atomic E-state index is -0.390. The SMILES string of the molecule is COCC(N)CCc1cccc([N+](=O)[O-])c1. The van der Waals surface area contributed by atoms with Gasteiger partial charge in [0.05, 0.1) is 11.5 Å². The van der Waals surface area contributed by atoms with Gasteiger partial charge in [0.15, 0.2) is 0 Å². The van der Waals surface area contributed by atoms with E-state index in [2.05, 4.69) is 0 Å². The Labute approximate surface area is 94.4 Å². The van der Waals surface area contributed by atoms with Gasteiger partial charge in [-0.2, -0.15) is 0 Å². The zero-order chi connectivity index (χ0) is 12.0. The number of nitro groups is 1. The van der Waals surface area contributed by atoms with Crippen molar-refractivity contribution in [2.45, 2.75) is 18.9 Å². The summed E-state index contributed by atoms with van der Waals surface area (Å²) >= 11 is 0. The third kappa shape index (κ3) is 3.96. The molecule has 5 nitrogen and oxygen atoms in total. The molecule has 1 aromatic carbocycles. The quantitative estimate of drug-likeness (QED) is 0.586. The van der Waals surface area contributed by atoms with E-state index in [9.17, 15) is 10.1 Å². The Balaban J connectivity index is 2.54. The van der Waals surface area contributed by atoms with Gasteiger partial charge in [0.25, 0.3) is 5.69 Å². The maximum Gasteiger partial charge on any atom is 0.269 e. The van der Waals surface area contributed by atoms with Crippen LogP contribution in [0.25, 0.3) is 0 Å². The van der Waals surface area contributed by atoms with Crippen LogP contribution in [0.15, 0.2) is 24.3 Å². The highest BCUT2D eigenvalue weighted by Crippen LogP contribution is 2.14. The van der Waals surface area contributed by atoms with Crippen molar-refractivity contribution in [1.29, 1.82) is 0 Å². The van der Waals surface area contributed by atoms with Crippen LogP contribution >= 0.6 is 0 Å². The van der Waals surface area contributed by atoms with E-state index in [4.69, 9.17) is 10.5 Å². The molecule has 0 amide bonds. The first-order chi connectivity index (χ1) is 7.63. The molecular weight excluding hydrogens is 208 g/mol. The number of rotatable bonds is 6. The van der Waals surface area contributed by atoms with Gasteiger partial charge in [-0.1, -0.05) is 12.1 Å². The third-order valence-electron chi connectivity index (χ3n) is 2.31. The normalized spacial score (nSPS) is 12.4. The summed E-state index contributed by atoms with van der Waals surface area (Å²) in [7, 11) is 1.60. The molecule has 0 aliphatic carbocycles. The number of methoxy groups -OCH3 is 1. The first-order valence-electron chi connectivity index (χ1n) is 5.11. The van der Waals surface area contributed by atoms with Crippen LogP contribution in [0.4, 0.5) is 5.69 Å². The van der Waals surface area contributed by atoms with Crippen molar-refractivity contribution < 1.29 is 9.66 Å². The minimum Gasteiger partial charge on any atom is -0.383 e. The second kappa shape index (κ2) is 6.19. The number of hydrogen-bond donors (Lipinski definition) is 1. The van der Waals surface area contributed by atoms with Gasteiger partial charge in [-0.15, -0.1) is 0 Å². The second-order valence-corrected chi connectivity index (χ2v) is 3.68. The van der Waals surface area contributed by atoms with E-state index < -0.39 is 4.92 Å². The Bertz CT molecular complexity index is 355. The van der Waals surface area contributed by atoms with Crippen LogP contribution in [-0.4, -0.2) is 24.7 Å². The second-order valence-electron chi connectivity index (χ2n) is 3.68. The van der Waals surface area contributed by atoms with Gasteiger partial charge in [0.2, 0.25) is 0 Å². The van der Waals surface area contributed by atoms with E-state index in [1.807, 2.05) is 6.07 Å². The highest BCUT2D eigenvalue weighted by molar-refractivity contribution is 5.34. The molecule has 16 heavy (non-hydrogen) atoms. The number of aryl methyl sites for hydroxylation is 1. The molecule has 0 aromatic heterocycles. The lowest BCUT2D eigenvalue weighted by atomic mass is 10.1. The van der Waals surface area contributed by atoms with E-state index in [0.29, 0.717) is 6.61 Å². The van der Waals surface area contributed by atoms with Gasteiger partial charge in [0, 0.05) is 25.3 Å². The van der Waals surface area contributed by atoms with E-state index in [1.165, 1.54) is 6.07 Å². The summed E-state index contributed by atoms with van der Waals surface area (Å²) in [5.74, 6) is 0. The van der Waals surface area contributed by atoms with Gasteiger partial charge >= 0.3 is 0 Å². The molecular formula is C11H16N2O3. The average molecular weight is 224 g/mol. The van der Waals surface area contributed by atoms with E-state index >= 15 is 0 Å². The van der Waals surface area contributed by atoms with E-state index in [0.717, 1.165) is 18.4 Å². The van der Waals surface area contributed by atoms with Gasteiger partial charge < -0.3 is 10.5 Å². The molecule has 0 bridgehead atoms. The molecule has 0 fully saturated rings. The largest absolute Gasteiger partial charge is 0.383 e. The molecule has 0 aliphatic heterocycles. The van der Waals surface area contributed by atoms with Gasteiger partial charge in [0.1, 0.15) is 0 Å². The molecule has 0 spiro atoms. The summed E-state index contributed by atoms with van der Waals surface area (Å²) in [5.41, 5.74) is 6.83. The zero-order valence-electron chi connectivity index (χ0n) is 9.26. The Morgan fingerprint density at radius 3 is 2.94 bits per heavy atom. The molecule has 1 rings (SSSR count). The van der Waals surface area contributed by atoms with Crippen molar-refractivity contribution in [2.24, 2.45) is 5.73 Å². The lowest BCUT2D eigenvalue weighted by Crippen LogP contribution is -2.26. The predicted molar refractivity (Wildman–Crippen MR) is 61.3 cm³/mol. The number of ether oxygens (including phenoxy) is 1. The van der Waals surface area contributed by atoms with E-state index in [-0.39, 0.29) is 11.7 Å². The molecule has 88 valence electrons. The van der Waals surface area contributed by atoms with Crippen molar-refractivity contribution in [3.05, 3.63) is 39.9 Å². The minimum absolute atomic E-state index is 0.0238. The molecule has 1 unspecified atom stereocenters. The smallest absolute Gasteiger partial charge is 0.269 e. The van der Waals surface area contributed by atoms with Crippen LogP contribution in [0, 0.1) is 10.1 Å². The average Bonchev–Trinajstić information content (AvgIpc) is 2.27. The number of benzene rings is 1. The third-order valence-corrected chi connectivity index (χ3v) is 2.31. The number of nitro benzene ring substituents is 1. The number of nitrogens with zero attached hydrogens (tertiary/aromatic N) is 1. The molecule has 2 N–H and O–H groups in total. The Morgan fingerprint density at radius 2 is 2.31 bits per heavy atom. The van der Waals surface area contributed by atoms with Gasteiger partial charge in [-0.25, -0.2) is 0 Å². The summed E-state index contributed by atoms with van der Waals surface area (Å²) in [4.78, 5) is 10.2. The summed E-state index contributed by atoms with van der Waals surface area (Å²) in [6, 6.07) is 6.60. The highest BCUT2D eigenvalue weighted by atomic mass is 16.6. The standard InChI is InChI=1S/C11H16N2O3/c1-16-8-10(12)6-5-9-3-2-4-11(7-9)13(14)15/h2-4,7,10H,5-6,8,12H2,1H3. The van der Waals surface area contributed by atoms with Crippen molar-refractivity contribution in [2.75, 3.05) is 13.7 Å². The monoisotopic (exact) mass is 224 g/mol. The Hall–Kier alpha value is -1.46. The highest BCUT2D eigenvalue weighted by Gasteiger charge is 2.07. The summed E-state index contributed by atoms with van der Waals surface area (Å²) in [6.07, 6.45) is 1.49. The van der Waals surface area contributed by atoms with Crippen LogP contribution in [0.1, 0.15) is 12.0 Å². The van der Waals surface area contributed by atoms with Crippen LogP contribution in [0.2, 0.25) is 0 Å². The summed E-state index contributed by atoms with van der Waals surface area (Å²) < 4.78 is 4.92. The fraction of sp³-hybridized carbons (Fsp3) is 0.455. The Morgan fingerprint density at radius 1 is 1.56 bits per heavy atom. The molecule has 0 aliphatic rings.